The summed E-state index contributed by atoms with van der Waals surface area (Å²) in [5.41, 5.74) is 67.4. The van der Waals surface area contributed by atoms with Gasteiger partial charge in [-0.15, -0.1) is 0 Å². The SMILES string of the molecule is C=S(O)CCCN.CC(=O)C(N)Cc1ccccc1O.CCOc1ccc(N)cc1.CNC(C)C1CC[C@@H](N)[C@@H](OC2C(N)CC(N)[C@H](OC3OC[C@@](C)(O)[C@H](NC)[C@H]3O)[C@H]2O)O1.Cc1c(Cl)cc(NC(=O)c2cccc(N)c2)c(O)c1Cl.Nc1cc(O)c(NS(=O)(=O)c2ccccc2)cc1Cl.Nc1ccc2c3c(ccc2c1)CCCC3.Nc1cccc2c1CCCC2. The molecular formula is C93H129Cl3N14O16S2. The highest BCUT2D eigenvalue weighted by Crippen LogP contribution is 2.40. The number of phenols is 3. The van der Waals surface area contributed by atoms with Crippen molar-refractivity contribution in [3.05, 3.63) is 224 Å². The summed E-state index contributed by atoms with van der Waals surface area (Å²) in [5, 5.41) is 73.2. The maximum Gasteiger partial charge on any atom is 0.262 e. The second-order valence-electron chi connectivity index (χ2n) is 31.9. The molecule has 9 aromatic carbocycles. The Morgan fingerprint density at radius 1 is 0.680 bits per heavy atom. The number of ketones is 1. The lowest BCUT2D eigenvalue weighted by molar-refractivity contribution is -0.307. The van der Waals surface area contributed by atoms with Crippen LogP contribution >= 0.6 is 45.6 Å². The highest BCUT2D eigenvalue weighted by Gasteiger charge is 2.51. The van der Waals surface area contributed by atoms with Gasteiger partial charge >= 0.3 is 0 Å². The topological polar surface area (TPSA) is 564 Å². The third-order valence-electron chi connectivity index (χ3n) is 22.0. The molecule has 2 aliphatic heterocycles. The van der Waals surface area contributed by atoms with Crippen LogP contribution in [0.5, 0.6) is 23.0 Å². The van der Waals surface area contributed by atoms with E-state index in [9.17, 15) is 48.6 Å². The number of fused-ring (bicyclic) bond motifs is 4. The molecule has 8 unspecified atom stereocenters. The highest BCUT2D eigenvalue weighted by molar-refractivity contribution is 8.09. The molecule has 3 fully saturated rings. The van der Waals surface area contributed by atoms with Crippen molar-refractivity contribution >= 4 is 124 Å². The predicted octanol–water partition coefficient (Wildman–Crippen LogP) is 11.4. The van der Waals surface area contributed by atoms with Gasteiger partial charge in [0.05, 0.1) is 69.4 Å². The molecule has 3 aliphatic carbocycles. The number of carbonyl (C=O) groups is 2. The van der Waals surface area contributed by atoms with E-state index in [2.05, 4.69) is 62.9 Å². The number of Topliss-reactive ketones (excluding diaryl/α,β-unsaturated/α-hetero) is 1. The fourth-order valence-electron chi connectivity index (χ4n) is 14.6. The summed E-state index contributed by atoms with van der Waals surface area (Å²) >= 11 is 17.7. The van der Waals surface area contributed by atoms with Gasteiger partial charge in [0.15, 0.2) is 18.3 Å². The molecule has 31 N–H and O–H groups in total. The number of nitrogens with one attached hydrogen (secondary N) is 4. The number of likely N-dealkylation sites (N-methyl/N-ethyl adjacent to an activating group) is 2. The number of aryl methyl sites for hydroxylation is 3. The van der Waals surface area contributed by atoms with Crippen LogP contribution in [0.2, 0.25) is 15.1 Å². The number of aliphatic hydroxyl groups excluding tert-OH is 2. The molecule has 14 rings (SSSR count). The Kier molecular flexibility index (Phi) is 42.5. The lowest BCUT2D eigenvalue weighted by Crippen LogP contribution is -2.68. The molecule has 1 amide bonds. The third-order valence-corrected chi connectivity index (χ3v) is 25.3. The second kappa shape index (κ2) is 51.4. The van der Waals surface area contributed by atoms with Gasteiger partial charge in [-0.2, -0.15) is 0 Å². The number of anilines is 7. The van der Waals surface area contributed by atoms with Crippen molar-refractivity contribution < 1.29 is 76.9 Å². The van der Waals surface area contributed by atoms with Crippen LogP contribution in [0.25, 0.3) is 10.8 Å². The van der Waals surface area contributed by atoms with Crippen LogP contribution in [-0.4, -0.2) is 186 Å². The van der Waals surface area contributed by atoms with Crippen LogP contribution < -0.4 is 82.7 Å². The zero-order chi connectivity index (χ0) is 94.3. The Hall–Kier alpha value is -9.18. The monoisotopic (exact) mass is 1870 g/mol. The Morgan fingerprint density at radius 3 is 1.88 bits per heavy atom. The largest absolute Gasteiger partial charge is 0.508 e. The minimum atomic E-state index is -3.77. The molecule has 9 aromatic rings. The maximum atomic E-state index is 12.1. The number of benzene rings is 9. The maximum absolute atomic E-state index is 12.1. The third kappa shape index (κ3) is 31.6. The van der Waals surface area contributed by atoms with Gasteiger partial charge in [0, 0.05) is 63.3 Å². The molecule has 0 radical (unpaired) electrons. The summed E-state index contributed by atoms with van der Waals surface area (Å²) in [4.78, 5) is 23.0. The number of aromatic hydroxyl groups is 3. The molecule has 35 heteroatoms. The zero-order valence-electron chi connectivity index (χ0n) is 73.4. The molecule has 0 spiro atoms. The zero-order valence-corrected chi connectivity index (χ0v) is 77.3. The van der Waals surface area contributed by atoms with Crippen molar-refractivity contribution in [2.24, 2.45) is 28.7 Å². The first kappa shape index (κ1) is 106. The summed E-state index contributed by atoms with van der Waals surface area (Å²) in [6.07, 6.45) is 7.24. The minimum absolute atomic E-state index is 0.0250. The molecule has 15 atom stereocenters. The number of sulfonamides is 1. The minimum Gasteiger partial charge on any atom is -0.508 e. The van der Waals surface area contributed by atoms with Crippen LogP contribution in [0.3, 0.4) is 0 Å². The Bertz CT molecular complexity index is 5180. The molecule has 0 aromatic heterocycles. The fourth-order valence-corrected chi connectivity index (χ4v) is 16.8. The number of hydrogen-bond acceptors (Lipinski definition) is 28. The fraction of sp³-hybridized carbons (Fsp3) is 0.409. The molecule has 1 saturated carbocycles. The van der Waals surface area contributed by atoms with E-state index in [-0.39, 0.29) is 79.8 Å². The van der Waals surface area contributed by atoms with Gasteiger partial charge in [0.2, 0.25) is 0 Å². The first-order chi connectivity index (χ1) is 60.7. The summed E-state index contributed by atoms with van der Waals surface area (Å²) in [6.45, 7) is 9.95. The molecule has 2 saturated heterocycles. The van der Waals surface area contributed by atoms with Crippen LogP contribution in [0.15, 0.2) is 175 Å². The van der Waals surface area contributed by atoms with Crippen LogP contribution in [0, 0.1) is 6.92 Å². The smallest absolute Gasteiger partial charge is 0.262 e. The van der Waals surface area contributed by atoms with E-state index < -0.39 is 93.5 Å². The van der Waals surface area contributed by atoms with Crippen LogP contribution in [0.4, 0.5) is 39.8 Å². The van der Waals surface area contributed by atoms with E-state index in [0.717, 1.165) is 41.4 Å². The Morgan fingerprint density at radius 2 is 1.28 bits per heavy atom. The number of nitrogen functional groups attached to an aromatic ring is 5. The molecular weight excluding hydrogens is 1740 g/mol. The Labute approximate surface area is 768 Å². The van der Waals surface area contributed by atoms with Crippen molar-refractivity contribution in [2.75, 3.05) is 78.3 Å². The molecule has 0 bridgehead atoms. The predicted molar refractivity (Wildman–Crippen MR) is 517 cm³/mol. The Balaban J connectivity index is 0.000000209. The van der Waals surface area contributed by atoms with Gasteiger partial charge in [-0.05, 0) is 274 Å². The van der Waals surface area contributed by atoms with Crippen molar-refractivity contribution in [2.45, 2.75) is 208 Å². The average molecular weight is 1870 g/mol. The number of hydrogen-bond donors (Lipinski definition) is 21. The van der Waals surface area contributed by atoms with Crippen molar-refractivity contribution in [3.8, 4) is 23.0 Å². The number of ether oxygens (including phenoxy) is 5. The number of phenolic OH excluding ortho intramolecular Hbond substituents is 3. The molecule has 128 heavy (non-hydrogen) atoms. The van der Waals surface area contributed by atoms with Gasteiger partial charge in [-0.25, -0.2) is 8.42 Å². The van der Waals surface area contributed by atoms with E-state index in [4.69, 9.17) is 120 Å². The quantitative estimate of drug-likeness (QED) is 0.0191. The number of nitrogens with two attached hydrogens (primary N) is 10. The van der Waals surface area contributed by atoms with E-state index >= 15 is 0 Å². The van der Waals surface area contributed by atoms with Gasteiger partial charge in [-0.1, -0.05) is 124 Å². The van der Waals surface area contributed by atoms with Gasteiger partial charge in [0.25, 0.3) is 15.9 Å². The number of aliphatic hydroxyl groups is 3. The first-order valence-corrected chi connectivity index (χ1v) is 46.4. The van der Waals surface area contributed by atoms with Gasteiger partial charge in [0.1, 0.15) is 53.0 Å². The van der Waals surface area contributed by atoms with Gasteiger partial charge < -0.3 is 132 Å². The van der Waals surface area contributed by atoms with Crippen molar-refractivity contribution in [1.82, 2.24) is 10.6 Å². The molecule has 30 nitrogen and oxygen atoms in total. The molecule has 2 heterocycles. The van der Waals surface area contributed by atoms with E-state index in [1.807, 2.05) is 63.4 Å². The number of rotatable bonds is 20. The average Bonchev–Trinajstić information content (AvgIpc) is 0.788. The van der Waals surface area contributed by atoms with Crippen LogP contribution in [0.1, 0.15) is 123 Å². The first-order valence-electron chi connectivity index (χ1n) is 42.3. The van der Waals surface area contributed by atoms with Gasteiger partial charge in [-0.3, -0.25) is 14.3 Å². The number of amides is 1. The van der Waals surface area contributed by atoms with Crippen molar-refractivity contribution in [3.63, 3.8) is 0 Å². The summed E-state index contributed by atoms with van der Waals surface area (Å²) in [6, 6.07) is 46.8. The lowest BCUT2D eigenvalue weighted by Gasteiger charge is -2.48. The summed E-state index contributed by atoms with van der Waals surface area (Å²) < 4.78 is 63.8. The number of carbonyl (C=O) groups excluding carboxylic acids is 2. The standard InChI is InChI=1S/C21H43N5O7.C14H12Cl2N2O2.C14H15N.C12H11ClN2O3S.C10H13NO2.C10H13N.C8H11NO.C4H11NOS/c1-9(25-3)13-6-5-10(22)19(31-13)32-16-11(23)7-12(24)17(14(16)27)33-20-15(28)18(26-4)21(2,29)8-30-20;1-7-10(15)6-11(13(19)12(7)16)18-14(20)8-3-2-4-9(17)5-8;15-12-7-8-14-11(9-12)6-5-10-3-1-2-4-13(10)14;13-9-6-11(12(16)7-10(9)14)15-19(17,18)8-4-2-1-3-5-8;1-7(12)9(11)6-8-4-2-3-5-10(8)13;11-10-7-3-5-8-4-1-2-6-9(8)10;1-2-10-8-5-3-7(9)4-6-8;1-7(6)4-2-3-5/h9-20,25-29H,5-8,22-24H2,1-4H3;2-6,19H,17H2,1H3,(H,18,20);5-9H,1-4,15H2;1-7,15-16H,14H2;2-5,9,13H,6,11H2,1H3;3,5,7H,1-2,4,6,11H2;3-6H,2,9H2,1H3;6H,1-5H2/t9?,10-,11?,12?,13?,14+,15-,16?,17+,18-,19-,20?,21-;;;;;;;/m1......./s1. The number of para-hydroxylation sites is 1. The van der Waals surface area contributed by atoms with Crippen molar-refractivity contribution in [1.29, 1.82) is 0 Å². The molecule has 700 valence electrons. The van der Waals surface area contributed by atoms with E-state index in [0.29, 0.717) is 59.8 Å². The number of halogens is 3. The summed E-state index contributed by atoms with van der Waals surface area (Å²) in [7, 11) is -0.928. The normalized spacial score (nSPS) is 22.1. The lowest BCUT2D eigenvalue weighted by atomic mass is 9.84. The van der Waals surface area contributed by atoms with E-state index in [1.54, 1.807) is 86.6 Å². The van der Waals surface area contributed by atoms with Crippen LogP contribution in [-0.2, 0) is 65.9 Å². The summed E-state index contributed by atoms with van der Waals surface area (Å²) in [5.74, 6) is 4.23. The second-order valence-corrected chi connectivity index (χ2v) is 36.1. The highest BCUT2D eigenvalue weighted by atomic mass is 35.5. The molecule has 5 aliphatic rings. The van der Waals surface area contributed by atoms with E-state index in [1.165, 1.54) is 117 Å².